The fraction of sp³-hybridized carbons (Fsp3) is 0.500. The average Bonchev–Trinajstić information content (AvgIpc) is 2.97. The summed E-state index contributed by atoms with van der Waals surface area (Å²) in [6.45, 7) is 0.850. The Bertz CT molecular complexity index is 519. The molecule has 2 N–H and O–H groups in total. The maximum Gasteiger partial charge on any atom is 0.257 e. The predicted octanol–water partition coefficient (Wildman–Crippen LogP) is 1.29. The molecule has 0 spiro atoms. The van der Waals surface area contributed by atoms with Gasteiger partial charge in [0.1, 0.15) is 0 Å². The summed E-state index contributed by atoms with van der Waals surface area (Å²) in [4.78, 5) is 13.5. The molecule has 0 saturated carbocycles. The number of carbonyl (C=O) groups is 1. The maximum absolute atomic E-state index is 13.7. The lowest BCUT2D eigenvalue weighted by atomic mass is 10.1. The molecule has 116 valence electrons. The van der Waals surface area contributed by atoms with Gasteiger partial charge in [-0.1, -0.05) is 0 Å². The SMILES string of the molecule is O=C(c1ccc(F)c(F)c1F)N(CCO)CC1CCCN1. The summed E-state index contributed by atoms with van der Waals surface area (Å²) in [6.07, 6.45) is 1.85. The first-order valence-corrected chi connectivity index (χ1v) is 6.81. The van der Waals surface area contributed by atoms with Crippen molar-refractivity contribution < 1.29 is 23.1 Å². The lowest BCUT2D eigenvalue weighted by molar-refractivity contribution is 0.0700. The van der Waals surface area contributed by atoms with Crippen molar-refractivity contribution in [2.75, 3.05) is 26.2 Å². The Kier molecular flexibility index (Phi) is 5.19. The highest BCUT2D eigenvalue weighted by Gasteiger charge is 2.26. The van der Waals surface area contributed by atoms with Crippen molar-refractivity contribution in [1.82, 2.24) is 10.2 Å². The normalized spacial score (nSPS) is 18.0. The fourth-order valence-electron chi connectivity index (χ4n) is 2.44. The molecule has 0 aromatic heterocycles. The number of carbonyl (C=O) groups excluding carboxylic acids is 1. The van der Waals surface area contributed by atoms with Gasteiger partial charge in [-0.05, 0) is 31.5 Å². The molecule has 7 heteroatoms. The third-order valence-corrected chi connectivity index (χ3v) is 3.53. The van der Waals surface area contributed by atoms with E-state index in [4.69, 9.17) is 5.11 Å². The molecular formula is C14H17F3N2O2. The maximum atomic E-state index is 13.7. The van der Waals surface area contributed by atoms with Crippen LogP contribution in [0.4, 0.5) is 13.2 Å². The first kappa shape index (κ1) is 15.8. The summed E-state index contributed by atoms with van der Waals surface area (Å²) >= 11 is 0. The van der Waals surface area contributed by atoms with Crippen LogP contribution < -0.4 is 5.32 Å². The van der Waals surface area contributed by atoms with Crippen molar-refractivity contribution in [3.63, 3.8) is 0 Å². The summed E-state index contributed by atoms with van der Waals surface area (Å²) in [5, 5.41) is 12.2. The van der Waals surface area contributed by atoms with Crippen molar-refractivity contribution in [2.45, 2.75) is 18.9 Å². The summed E-state index contributed by atoms with van der Waals surface area (Å²) in [6, 6.07) is 1.70. The van der Waals surface area contributed by atoms with Crippen LogP contribution in [0.5, 0.6) is 0 Å². The number of hydrogen-bond acceptors (Lipinski definition) is 3. The van der Waals surface area contributed by atoms with E-state index in [1.165, 1.54) is 4.90 Å². The number of aliphatic hydroxyl groups excluding tert-OH is 1. The van der Waals surface area contributed by atoms with E-state index < -0.39 is 28.9 Å². The quantitative estimate of drug-likeness (QED) is 0.806. The molecule has 1 atom stereocenters. The molecule has 1 aromatic rings. The number of hydrogen-bond donors (Lipinski definition) is 2. The van der Waals surface area contributed by atoms with E-state index in [9.17, 15) is 18.0 Å². The summed E-state index contributed by atoms with van der Waals surface area (Å²) in [5.74, 6) is -5.25. The number of rotatable bonds is 5. The van der Waals surface area contributed by atoms with Gasteiger partial charge in [0.05, 0.1) is 12.2 Å². The van der Waals surface area contributed by atoms with Crippen molar-refractivity contribution in [3.8, 4) is 0 Å². The van der Waals surface area contributed by atoms with Crippen molar-refractivity contribution in [3.05, 3.63) is 35.1 Å². The van der Waals surface area contributed by atoms with Crippen molar-refractivity contribution in [1.29, 1.82) is 0 Å². The van der Waals surface area contributed by atoms with E-state index in [1.807, 2.05) is 0 Å². The highest BCUT2D eigenvalue weighted by molar-refractivity contribution is 5.94. The van der Waals surface area contributed by atoms with E-state index in [1.54, 1.807) is 0 Å². The topological polar surface area (TPSA) is 52.6 Å². The number of aliphatic hydroxyl groups is 1. The predicted molar refractivity (Wildman–Crippen MR) is 70.3 cm³/mol. The van der Waals surface area contributed by atoms with Gasteiger partial charge in [-0.15, -0.1) is 0 Å². The van der Waals surface area contributed by atoms with E-state index >= 15 is 0 Å². The van der Waals surface area contributed by atoms with Gasteiger partial charge < -0.3 is 15.3 Å². The molecular weight excluding hydrogens is 285 g/mol. The zero-order valence-corrected chi connectivity index (χ0v) is 11.4. The van der Waals surface area contributed by atoms with Crippen LogP contribution in [0.1, 0.15) is 23.2 Å². The largest absolute Gasteiger partial charge is 0.395 e. The molecule has 1 aliphatic rings. The van der Waals surface area contributed by atoms with E-state index in [-0.39, 0.29) is 25.7 Å². The summed E-state index contributed by atoms with van der Waals surface area (Å²) < 4.78 is 39.8. The van der Waals surface area contributed by atoms with Crippen LogP contribution >= 0.6 is 0 Å². The van der Waals surface area contributed by atoms with E-state index in [2.05, 4.69) is 5.32 Å². The molecule has 1 unspecified atom stereocenters. The smallest absolute Gasteiger partial charge is 0.257 e. The molecule has 1 amide bonds. The fourth-order valence-corrected chi connectivity index (χ4v) is 2.44. The molecule has 1 aliphatic heterocycles. The minimum Gasteiger partial charge on any atom is -0.395 e. The average molecular weight is 302 g/mol. The van der Waals surface area contributed by atoms with Crippen LogP contribution in [-0.4, -0.2) is 48.2 Å². The number of amides is 1. The molecule has 0 radical (unpaired) electrons. The zero-order chi connectivity index (χ0) is 15.4. The number of nitrogens with zero attached hydrogens (tertiary/aromatic N) is 1. The standard InChI is InChI=1S/C14H17F3N2O2/c15-11-4-3-10(12(16)13(11)17)14(21)19(6-7-20)8-9-2-1-5-18-9/h3-4,9,18,20H,1-2,5-8H2. The number of halogens is 3. The lowest BCUT2D eigenvalue weighted by Gasteiger charge is -2.25. The monoisotopic (exact) mass is 302 g/mol. The Morgan fingerprint density at radius 3 is 2.71 bits per heavy atom. The van der Waals surface area contributed by atoms with Gasteiger partial charge in [0.15, 0.2) is 17.5 Å². The summed E-state index contributed by atoms with van der Waals surface area (Å²) in [7, 11) is 0. The number of nitrogens with one attached hydrogen (secondary N) is 1. The molecule has 1 aromatic carbocycles. The molecule has 4 nitrogen and oxygen atoms in total. The van der Waals surface area contributed by atoms with Gasteiger partial charge in [-0.25, -0.2) is 13.2 Å². The molecule has 0 aliphatic carbocycles. The third kappa shape index (κ3) is 3.54. The van der Waals surface area contributed by atoms with Crippen LogP contribution in [0.2, 0.25) is 0 Å². The lowest BCUT2D eigenvalue weighted by Crippen LogP contribution is -2.42. The van der Waals surface area contributed by atoms with Gasteiger partial charge in [0.2, 0.25) is 0 Å². The van der Waals surface area contributed by atoms with Crippen LogP contribution in [0.3, 0.4) is 0 Å². The van der Waals surface area contributed by atoms with Crippen LogP contribution in [0, 0.1) is 17.5 Å². The first-order chi connectivity index (χ1) is 10.0. The zero-order valence-electron chi connectivity index (χ0n) is 11.4. The molecule has 21 heavy (non-hydrogen) atoms. The second-order valence-corrected chi connectivity index (χ2v) is 4.99. The Morgan fingerprint density at radius 1 is 1.33 bits per heavy atom. The van der Waals surface area contributed by atoms with Gasteiger partial charge in [-0.3, -0.25) is 4.79 Å². The van der Waals surface area contributed by atoms with Gasteiger partial charge in [0, 0.05) is 19.1 Å². The van der Waals surface area contributed by atoms with Crippen LogP contribution in [0.25, 0.3) is 0 Å². The Hall–Kier alpha value is -1.60. The van der Waals surface area contributed by atoms with E-state index in [0.717, 1.165) is 31.5 Å². The van der Waals surface area contributed by atoms with Gasteiger partial charge in [0.25, 0.3) is 5.91 Å². The second-order valence-electron chi connectivity index (χ2n) is 4.99. The third-order valence-electron chi connectivity index (χ3n) is 3.53. The van der Waals surface area contributed by atoms with Crippen molar-refractivity contribution >= 4 is 5.91 Å². The number of benzene rings is 1. The molecule has 0 bridgehead atoms. The van der Waals surface area contributed by atoms with Gasteiger partial charge in [-0.2, -0.15) is 0 Å². The molecule has 2 rings (SSSR count). The summed E-state index contributed by atoms with van der Waals surface area (Å²) in [5.41, 5.74) is -0.527. The minimum atomic E-state index is -1.66. The first-order valence-electron chi connectivity index (χ1n) is 6.81. The van der Waals surface area contributed by atoms with E-state index in [0.29, 0.717) is 0 Å². The minimum absolute atomic E-state index is 0.00937. The van der Waals surface area contributed by atoms with Crippen LogP contribution in [0.15, 0.2) is 12.1 Å². The second kappa shape index (κ2) is 6.91. The molecule has 1 heterocycles. The highest BCUT2D eigenvalue weighted by Crippen LogP contribution is 2.18. The Morgan fingerprint density at radius 2 is 2.10 bits per heavy atom. The molecule has 1 fully saturated rings. The Balaban J connectivity index is 2.19. The Labute approximate surface area is 120 Å². The van der Waals surface area contributed by atoms with Crippen molar-refractivity contribution in [2.24, 2.45) is 0 Å². The highest BCUT2D eigenvalue weighted by atomic mass is 19.2. The van der Waals surface area contributed by atoms with Gasteiger partial charge >= 0.3 is 0 Å². The molecule has 1 saturated heterocycles. The van der Waals surface area contributed by atoms with Crippen LogP contribution in [-0.2, 0) is 0 Å².